The first-order chi connectivity index (χ1) is 7.66. The van der Waals surface area contributed by atoms with Crippen LogP contribution in [0.3, 0.4) is 0 Å². The molecule has 0 atom stereocenters. The van der Waals surface area contributed by atoms with Gasteiger partial charge in [-0.25, -0.2) is 4.79 Å². The molecule has 82 valence electrons. The molecule has 0 saturated heterocycles. The van der Waals surface area contributed by atoms with E-state index in [1.54, 1.807) is 10.5 Å². The Bertz CT molecular complexity index is 589. The zero-order valence-corrected chi connectivity index (χ0v) is 9.81. The van der Waals surface area contributed by atoms with Gasteiger partial charge in [0, 0.05) is 16.6 Å². The molecule has 0 amide bonds. The molecule has 1 fully saturated rings. The van der Waals surface area contributed by atoms with Crippen molar-refractivity contribution >= 4 is 27.5 Å². The van der Waals surface area contributed by atoms with Crippen molar-refractivity contribution in [2.75, 3.05) is 0 Å². The number of carboxylic acid groups (broad SMARTS) is 1. The monoisotopic (exact) mass is 281 g/mol. The largest absolute Gasteiger partial charge is 0.478 e. The number of carbonyl (C=O) groups is 1. The van der Waals surface area contributed by atoms with Crippen LogP contribution in [0.15, 0.2) is 16.7 Å². The summed E-state index contributed by atoms with van der Waals surface area (Å²) in [6, 6.07) is 1.54. The highest BCUT2D eigenvalue weighted by molar-refractivity contribution is 9.10. The molecule has 3 rings (SSSR count). The number of hydrogen-bond donors (Lipinski definition) is 1. The fourth-order valence-electron chi connectivity index (χ4n) is 1.75. The van der Waals surface area contributed by atoms with Crippen LogP contribution in [0.1, 0.15) is 34.9 Å². The van der Waals surface area contributed by atoms with Gasteiger partial charge in [-0.15, -0.1) is 10.2 Å². The Labute approximate surface area is 99.2 Å². The summed E-state index contributed by atoms with van der Waals surface area (Å²) in [5.74, 6) is 0.311. The molecule has 2 heterocycles. The molecule has 6 heteroatoms. The molecule has 0 spiro atoms. The van der Waals surface area contributed by atoms with E-state index in [1.165, 1.54) is 0 Å². The average Bonchev–Trinajstić information content (AvgIpc) is 2.98. The lowest BCUT2D eigenvalue weighted by molar-refractivity contribution is 0.0698. The number of nitrogens with zero attached hydrogens (tertiary/aromatic N) is 3. The SMILES string of the molecule is O=C(O)c1cc(Br)cn2c(C3CC3)nnc12. The summed E-state index contributed by atoms with van der Waals surface area (Å²) < 4.78 is 2.49. The van der Waals surface area contributed by atoms with Gasteiger partial charge < -0.3 is 5.11 Å². The lowest BCUT2D eigenvalue weighted by atomic mass is 10.2. The molecule has 2 aromatic rings. The summed E-state index contributed by atoms with van der Waals surface area (Å²) in [6.07, 6.45) is 4.03. The maximum Gasteiger partial charge on any atom is 0.339 e. The minimum Gasteiger partial charge on any atom is -0.478 e. The van der Waals surface area contributed by atoms with Crippen LogP contribution in [-0.2, 0) is 0 Å². The second-order valence-corrected chi connectivity index (χ2v) is 4.82. The Morgan fingerprint density at radius 2 is 2.25 bits per heavy atom. The van der Waals surface area contributed by atoms with E-state index in [0.717, 1.165) is 23.1 Å². The highest BCUT2D eigenvalue weighted by atomic mass is 79.9. The Morgan fingerprint density at radius 1 is 1.50 bits per heavy atom. The van der Waals surface area contributed by atoms with Crippen LogP contribution in [0.25, 0.3) is 5.65 Å². The molecule has 1 N–H and O–H groups in total. The van der Waals surface area contributed by atoms with Gasteiger partial charge in [0.25, 0.3) is 0 Å². The topological polar surface area (TPSA) is 67.5 Å². The number of aromatic carboxylic acids is 1. The van der Waals surface area contributed by atoms with Crippen LogP contribution in [0, 0.1) is 0 Å². The number of aromatic nitrogens is 3. The van der Waals surface area contributed by atoms with E-state index < -0.39 is 5.97 Å². The Kier molecular flexibility index (Phi) is 2.00. The van der Waals surface area contributed by atoms with E-state index >= 15 is 0 Å². The van der Waals surface area contributed by atoms with Gasteiger partial charge in [-0.05, 0) is 34.8 Å². The first kappa shape index (κ1) is 9.77. The molecule has 16 heavy (non-hydrogen) atoms. The van der Waals surface area contributed by atoms with Gasteiger partial charge >= 0.3 is 5.97 Å². The number of pyridine rings is 1. The molecule has 1 saturated carbocycles. The quantitative estimate of drug-likeness (QED) is 0.915. The zero-order valence-electron chi connectivity index (χ0n) is 8.22. The highest BCUT2D eigenvalue weighted by Gasteiger charge is 2.29. The molecular formula is C10H8BrN3O2. The Balaban J connectivity index is 2.31. The predicted molar refractivity (Wildman–Crippen MR) is 59.6 cm³/mol. The minimum atomic E-state index is -0.985. The standard InChI is InChI=1S/C10H8BrN3O2/c11-6-3-7(10(15)16)9-13-12-8(5-1-2-5)14(9)4-6/h3-5H,1-2H2,(H,15,16). The molecule has 0 bridgehead atoms. The van der Waals surface area contributed by atoms with Crippen LogP contribution in [0.2, 0.25) is 0 Å². The summed E-state index contributed by atoms with van der Waals surface area (Å²) in [7, 11) is 0. The van der Waals surface area contributed by atoms with Crippen LogP contribution >= 0.6 is 15.9 Å². The first-order valence-corrected chi connectivity index (χ1v) is 5.73. The number of carboxylic acids is 1. The van der Waals surface area contributed by atoms with E-state index in [4.69, 9.17) is 5.11 Å². The van der Waals surface area contributed by atoms with E-state index in [2.05, 4.69) is 26.1 Å². The van der Waals surface area contributed by atoms with Crippen molar-refractivity contribution in [3.63, 3.8) is 0 Å². The summed E-state index contributed by atoms with van der Waals surface area (Å²) in [4.78, 5) is 11.1. The second kappa shape index (κ2) is 3.28. The first-order valence-electron chi connectivity index (χ1n) is 4.94. The molecule has 0 radical (unpaired) electrons. The van der Waals surface area contributed by atoms with Gasteiger partial charge in [-0.3, -0.25) is 4.40 Å². The van der Waals surface area contributed by atoms with Crippen molar-refractivity contribution in [3.05, 3.63) is 28.1 Å². The lowest BCUT2D eigenvalue weighted by Gasteiger charge is -2.01. The molecule has 2 aromatic heterocycles. The Hall–Kier alpha value is -1.43. The third-order valence-electron chi connectivity index (χ3n) is 2.67. The Morgan fingerprint density at radius 3 is 2.88 bits per heavy atom. The molecule has 5 nitrogen and oxygen atoms in total. The third kappa shape index (κ3) is 1.41. The van der Waals surface area contributed by atoms with Crippen molar-refractivity contribution in [1.29, 1.82) is 0 Å². The van der Waals surface area contributed by atoms with Crippen molar-refractivity contribution < 1.29 is 9.90 Å². The molecule has 0 unspecified atom stereocenters. The fraction of sp³-hybridized carbons (Fsp3) is 0.300. The van der Waals surface area contributed by atoms with Crippen molar-refractivity contribution in [2.24, 2.45) is 0 Å². The number of fused-ring (bicyclic) bond motifs is 1. The molecule has 1 aliphatic rings. The maximum atomic E-state index is 11.1. The van der Waals surface area contributed by atoms with Gasteiger partial charge in [0.1, 0.15) is 11.4 Å². The van der Waals surface area contributed by atoms with Crippen molar-refractivity contribution in [1.82, 2.24) is 14.6 Å². The van der Waals surface area contributed by atoms with E-state index in [-0.39, 0.29) is 5.56 Å². The van der Waals surface area contributed by atoms with Gasteiger partial charge in [0.15, 0.2) is 5.65 Å². The van der Waals surface area contributed by atoms with Crippen LogP contribution in [0.5, 0.6) is 0 Å². The zero-order chi connectivity index (χ0) is 11.3. The van der Waals surface area contributed by atoms with Gasteiger partial charge in [-0.1, -0.05) is 0 Å². The fourth-order valence-corrected chi connectivity index (χ4v) is 2.19. The molecular weight excluding hydrogens is 274 g/mol. The van der Waals surface area contributed by atoms with Crippen LogP contribution in [0.4, 0.5) is 0 Å². The summed E-state index contributed by atoms with van der Waals surface area (Å²) in [6.45, 7) is 0. The average molecular weight is 282 g/mol. The normalized spacial score (nSPS) is 15.6. The second-order valence-electron chi connectivity index (χ2n) is 3.90. The number of rotatable bonds is 2. The van der Waals surface area contributed by atoms with Gasteiger partial charge in [-0.2, -0.15) is 0 Å². The number of hydrogen-bond acceptors (Lipinski definition) is 3. The van der Waals surface area contributed by atoms with E-state index in [1.807, 2.05) is 6.20 Å². The summed E-state index contributed by atoms with van der Waals surface area (Å²) in [5.41, 5.74) is 0.589. The molecule has 0 aromatic carbocycles. The maximum absolute atomic E-state index is 11.1. The smallest absolute Gasteiger partial charge is 0.339 e. The van der Waals surface area contributed by atoms with Crippen LogP contribution < -0.4 is 0 Å². The third-order valence-corrected chi connectivity index (χ3v) is 3.10. The van der Waals surface area contributed by atoms with Gasteiger partial charge in [0.05, 0.1) is 0 Å². The molecule has 1 aliphatic carbocycles. The highest BCUT2D eigenvalue weighted by Crippen LogP contribution is 2.39. The minimum absolute atomic E-state index is 0.175. The molecule has 0 aliphatic heterocycles. The van der Waals surface area contributed by atoms with Gasteiger partial charge in [0.2, 0.25) is 0 Å². The number of halogens is 1. The predicted octanol–water partition coefficient (Wildman–Crippen LogP) is 2.07. The van der Waals surface area contributed by atoms with E-state index in [9.17, 15) is 4.79 Å². The van der Waals surface area contributed by atoms with E-state index in [0.29, 0.717) is 11.6 Å². The van der Waals surface area contributed by atoms with Crippen LogP contribution in [-0.4, -0.2) is 25.7 Å². The lowest BCUT2D eigenvalue weighted by Crippen LogP contribution is -2.02. The van der Waals surface area contributed by atoms with Crippen molar-refractivity contribution in [2.45, 2.75) is 18.8 Å². The van der Waals surface area contributed by atoms with Crippen molar-refractivity contribution in [3.8, 4) is 0 Å². The summed E-state index contributed by atoms with van der Waals surface area (Å²) in [5, 5.41) is 17.1. The summed E-state index contributed by atoms with van der Waals surface area (Å²) >= 11 is 3.30.